The van der Waals surface area contributed by atoms with Gasteiger partial charge in [-0.05, 0) is 31.4 Å². The molecular formula is C15H20FNO3. The van der Waals surface area contributed by atoms with Crippen LogP contribution in [0.4, 0.5) is 4.39 Å². The minimum atomic E-state index is -0.947. The molecule has 0 radical (unpaired) electrons. The topological polar surface area (TPSA) is 66.4 Å². The quantitative estimate of drug-likeness (QED) is 0.806. The number of aliphatic carboxylic acids is 1. The van der Waals surface area contributed by atoms with Crippen molar-refractivity contribution in [3.05, 3.63) is 35.6 Å². The molecular weight excluding hydrogens is 261 g/mol. The van der Waals surface area contributed by atoms with E-state index in [-0.39, 0.29) is 24.1 Å². The molecule has 0 spiro atoms. The predicted molar refractivity (Wildman–Crippen MR) is 73.7 cm³/mol. The highest BCUT2D eigenvalue weighted by atomic mass is 19.1. The zero-order valence-corrected chi connectivity index (χ0v) is 11.7. The lowest BCUT2D eigenvalue weighted by molar-refractivity contribution is -0.137. The number of carboxylic acids is 1. The summed E-state index contributed by atoms with van der Waals surface area (Å²) in [7, 11) is 0. The summed E-state index contributed by atoms with van der Waals surface area (Å²) in [6.45, 7) is 3.40. The second kappa shape index (κ2) is 7.62. The molecule has 1 amide bonds. The standard InChI is InChI=1S/C15H20FNO3/c1-10(15(20)17-11(2)9-14(18)19)7-8-12-5-3-4-6-13(12)16/h3-6,10-11H,7-9H2,1-2H3,(H,17,20)(H,18,19)/t10-,11+/m0/s1. The van der Waals surface area contributed by atoms with Crippen molar-refractivity contribution in [1.82, 2.24) is 5.32 Å². The average molecular weight is 281 g/mol. The first-order valence-electron chi connectivity index (χ1n) is 6.65. The van der Waals surface area contributed by atoms with Crippen LogP contribution in [0.2, 0.25) is 0 Å². The van der Waals surface area contributed by atoms with Gasteiger partial charge in [0, 0.05) is 12.0 Å². The summed E-state index contributed by atoms with van der Waals surface area (Å²) in [5, 5.41) is 11.3. The van der Waals surface area contributed by atoms with Crippen LogP contribution in [0.15, 0.2) is 24.3 Å². The van der Waals surface area contributed by atoms with Crippen LogP contribution in [-0.4, -0.2) is 23.0 Å². The molecule has 1 rings (SSSR count). The monoisotopic (exact) mass is 281 g/mol. The molecule has 0 heterocycles. The number of halogens is 1. The molecule has 110 valence electrons. The van der Waals surface area contributed by atoms with Crippen molar-refractivity contribution >= 4 is 11.9 Å². The number of carboxylic acid groups (broad SMARTS) is 1. The van der Waals surface area contributed by atoms with Crippen LogP contribution in [0, 0.1) is 11.7 Å². The summed E-state index contributed by atoms with van der Waals surface area (Å²) in [4.78, 5) is 22.4. The van der Waals surface area contributed by atoms with Gasteiger partial charge in [0.1, 0.15) is 5.82 Å². The summed E-state index contributed by atoms with van der Waals surface area (Å²) in [5.74, 6) is -1.70. The molecule has 0 aliphatic carbocycles. The Bertz CT molecular complexity index is 476. The number of nitrogens with one attached hydrogen (secondary N) is 1. The Morgan fingerprint density at radius 3 is 2.55 bits per heavy atom. The van der Waals surface area contributed by atoms with Crippen molar-refractivity contribution < 1.29 is 19.1 Å². The van der Waals surface area contributed by atoms with Crippen molar-refractivity contribution in [1.29, 1.82) is 0 Å². The van der Waals surface area contributed by atoms with E-state index in [2.05, 4.69) is 5.32 Å². The van der Waals surface area contributed by atoms with Crippen LogP contribution in [-0.2, 0) is 16.0 Å². The van der Waals surface area contributed by atoms with Crippen LogP contribution in [0.1, 0.15) is 32.3 Å². The summed E-state index contributed by atoms with van der Waals surface area (Å²) in [6, 6.07) is 6.08. The number of carbonyl (C=O) groups excluding carboxylic acids is 1. The molecule has 0 aliphatic rings. The summed E-state index contributed by atoms with van der Waals surface area (Å²) in [6.07, 6.45) is 0.896. The Balaban J connectivity index is 2.42. The van der Waals surface area contributed by atoms with Crippen LogP contribution < -0.4 is 5.32 Å². The fraction of sp³-hybridized carbons (Fsp3) is 0.467. The first-order chi connectivity index (χ1) is 9.40. The minimum absolute atomic E-state index is 0.105. The lowest BCUT2D eigenvalue weighted by atomic mass is 9.99. The second-order valence-electron chi connectivity index (χ2n) is 5.04. The molecule has 0 bridgehead atoms. The zero-order valence-electron chi connectivity index (χ0n) is 11.7. The van der Waals surface area contributed by atoms with Gasteiger partial charge in [-0.15, -0.1) is 0 Å². The van der Waals surface area contributed by atoms with Crippen LogP contribution in [0.5, 0.6) is 0 Å². The van der Waals surface area contributed by atoms with E-state index < -0.39 is 12.0 Å². The highest BCUT2D eigenvalue weighted by molar-refractivity contribution is 5.79. The molecule has 0 unspecified atom stereocenters. The van der Waals surface area contributed by atoms with Gasteiger partial charge in [0.25, 0.3) is 0 Å². The van der Waals surface area contributed by atoms with Crippen LogP contribution in [0.3, 0.4) is 0 Å². The average Bonchev–Trinajstić information content (AvgIpc) is 2.36. The van der Waals surface area contributed by atoms with Crippen LogP contribution in [0.25, 0.3) is 0 Å². The Morgan fingerprint density at radius 2 is 1.95 bits per heavy atom. The van der Waals surface area contributed by atoms with E-state index in [0.717, 1.165) is 0 Å². The third-order valence-corrected chi connectivity index (χ3v) is 3.12. The van der Waals surface area contributed by atoms with Gasteiger partial charge in [-0.2, -0.15) is 0 Å². The molecule has 4 nitrogen and oxygen atoms in total. The van der Waals surface area contributed by atoms with E-state index in [0.29, 0.717) is 18.4 Å². The normalized spacial score (nSPS) is 13.6. The molecule has 5 heteroatoms. The Labute approximate surface area is 118 Å². The van der Waals surface area contributed by atoms with Gasteiger partial charge < -0.3 is 10.4 Å². The number of rotatable bonds is 7. The van der Waals surface area contributed by atoms with Gasteiger partial charge in [-0.1, -0.05) is 25.1 Å². The van der Waals surface area contributed by atoms with Gasteiger partial charge in [-0.3, -0.25) is 9.59 Å². The smallest absolute Gasteiger partial charge is 0.305 e. The van der Waals surface area contributed by atoms with Crippen molar-refractivity contribution in [2.75, 3.05) is 0 Å². The van der Waals surface area contributed by atoms with E-state index in [9.17, 15) is 14.0 Å². The molecule has 0 aliphatic heterocycles. The molecule has 1 aromatic rings. The third-order valence-electron chi connectivity index (χ3n) is 3.12. The maximum atomic E-state index is 13.4. The van der Waals surface area contributed by atoms with Crippen molar-refractivity contribution in [3.8, 4) is 0 Å². The van der Waals surface area contributed by atoms with E-state index in [1.807, 2.05) is 0 Å². The highest BCUT2D eigenvalue weighted by Crippen LogP contribution is 2.13. The van der Waals surface area contributed by atoms with Crippen molar-refractivity contribution in [2.45, 2.75) is 39.2 Å². The lowest BCUT2D eigenvalue weighted by Crippen LogP contribution is -2.37. The number of amides is 1. The van der Waals surface area contributed by atoms with Gasteiger partial charge in [0.2, 0.25) is 5.91 Å². The van der Waals surface area contributed by atoms with Gasteiger partial charge in [-0.25, -0.2) is 4.39 Å². The number of hydrogen-bond donors (Lipinski definition) is 2. The number of aryl methyl sites for hydroxylation is 1. The Kier molecular flexibility index (Phi) is 6.15. The third kappa shape index (κ3) is 5.38. The Hall–Kier alpha value is -1.91. The minimum Gasteiger partial charge on any atom is -0.481 e. The zero-order chi connectivity index (χ0) is 15.1. The summed E-state index contributed by atoms with van der Waals surface area (Å²) in [5.41, 5.74) is 0.589. The van der Waals surface area contributed by atoms with Crippen molar-refractivity contribution in [3.63, 3.8) is 0 Å². The highest BCUT2D eigenvalue weighted by Gasteiger charge is 2.17. The molecule has 2 atom stereocenters. The first kappa shape index (κ1) is 16.1. The fourth-order valence-electron chi connectivity index (χ4n) is 1.90. The molecule has 1 aromatic carbocycles. The molecule has 0 saturated heterocycles. The number of carbonyl (C=O) groups is 2. The second-order valence-corrected chi connectivity index (χ2v) is 5.04. The van der Waals surface area contributed by atoms with Crippen molar-refractivity contribution in [2.24, 2.45) is 5.92 Å². The van der Waals surface area contributed by atoms with Gasteiger partial charge >= 0.3 is 5.97 Å². The summed E-state index contributed by atoms with van der Waals surface area (Å²) < 4.78 is 13.4. The largest absolute Gasteiger partial charge is 0.481 e. The molecule has 0 fully saturated rings. The van der Waals surface area contributed by atoms with Gasteiger partial charge in [0.15, 0.2) is 0 Å². The molecule has 2 N–H and O–H groups in total. The molecule has 0 aromatic heterocycles. The SMILES string of the molecule is C[C@H](CC(=O)O)NC(=O)[C@@H](C)CCc1ccccc1F. The van der Waals surface area contributed by atoms with Crippen LogP contribution >= 0.6 is 0 Å². The van der Waals surface area contributed by atoms with E-state index >= 15 is 0 Å². The number of hydrogen-bond acceptors (Lipinski definition) is 2. The maximum absolute atomic E-state index is 13.4. The lowest BCUT2D eigenvalue weighted by Gasteiger charge is -2.16. The molecule has 20 heavy (non-hydrogen) atoms. The maximum Gasteiger partial charge on any atom is 0.305 e. The Morgan fingerprint density at radius 1 is 1.30 bits per heavy atom. The number of benzene rings is 1. The molecule has 0 saturated carbocycles. The van der Waals surface area contributed by atoms with Gasteiger partial charge in [0.05, 0.1) is 6.42 Å². The predicted octanol–water partition coefficient (Wildman–Crippen LogP) is 2.37. The van der Waals surface area contributed by atoms with E-state index in [1.165, 1.54) is 6.07 Å². The first-order valence-corrected chi connectivity index (χ1v) is 6.65. The fourth-order valence-corrected chi connectivity index (χ4v) is 1.90. The van der Waals surface area contributed by atoms with E-state index in [1.54, 1.807) is 32.0 Å². The van der Waals surface area contributed by atoms with E-state index in [4.69, 9.17) is 5.11 Å². The summed E-state index contributed by atoms with van der Waals surface area (Å²) >= 11 is 0.